The molecule has 2 aromatic rings. The van der Waals surface area contributed by atoms with Gasteiger partial charge < -0.3 is 4.90 Å². The number of hydrazine groups is 1. The van der Waals surface area contributed by atoms with Crippen molar-refractivity contribution in [2.45, 2.75) is 25.7 Å². The van der Waals surface area contributed by atoms with Crippen molar-refractivity contribution in [1.82, 2.24) is 10.9 Å². The number of hydrogen-bond donors (Lipinski definition) is 2. The lowest BCUT2D eigenvalue weighted by Gasteiger charge is -2.22. The first kappa shape index (κ1) is 19.3. The van der Waals surface area contributed by atoms with Crippen LogP contribution in [-0.4, -0.2) is 29.8 Å². The number of benzene rings is 2. The van der Waals surface area contributed by atoms with Gasteiger partial charge in [0, 0.05) is 30.3 Å². The van der Waals surface area contributed by atoms with Crippen LogP contribution in [-0.2, 0) is 0 Å². The van der Waals surface area contributed by atoms with Gasteiger partial charge in [-0.15, -0.1) is 0 Å². The Morgan fingerprint density at radius 3 is 2.07 bits per heavy atom. The number of nitro groups is 1. The quantitative estimate of drug-likeness (QED) is 0.625. The van der Waals surface area contributed by atoms with Crippen molar-refractivity contribution in [3.8, 4) is 0 Å². The summed E-state index contributed by atoms with van der Waals surface area (Å²) in [6.45, 7) is 1.53. The molecule has 2 N–H and O–H groups in total. The molecule has 28 heavy (non-hydrogen) atoms. The standard InChI is InChI=1S/C20H22N4O4/c25-19(15-8-4-3-5-9-15)21-22-20(26)16-10-11-17(18(14-16)24(27)28)23-12-6-1-2-7-13-23/h3-5,8-11,14H,1-2,6-7,12-13H2,(H,21,25)(H,22,26). The van der Waals surface area contributed by atoms with E-state index in [2.05, 4.69) is 10.9 Å². The zero-order valence-corrected chi connectivity index (χ0v) is 15.4. The largest absolute Gasteiger partial charge is 0.366 e. The lowest BCUT2D eigenvalue weighted by molar-refractivity contribution is -0.384. The van der Waals surface area contributed by atoms with Crippen molar-refractivity contribution < 1.29 is 14.5 Å². The van der Waals surface area contributed by atoms with Crippen LogP contribution < -0.4 is 15.8 Å². The first-order valence-electron chi connectivity index (χ1n) is 9.25. The number of rotatable bonds is 4. The van der Waals surface area contributed by atoms with Crippen LogP contribution in [0.4, 0.5) is 11.4 Å². The summed E-state index contributed by atoms with van der Waals surface area (Å²) in [5.41, 5.74) is 5.53. The molecule has 0 spiro atoms. The molecule has 146 valence electrons. The summed E-state index contributed by atoms with van der Waals surface area (Å²) in [4.78, 5) is 37.4. The second-order valence-corrected chi connectivity index (χ2v) is 6.64. The fourth-order valence-corrected chi connectivity index (χ4v) is 3.24. The Morgan fingerprint density at radius 1 is 0.857 bits per heavy atom. The highest BCUT2D eigenvalue weighted by Crippen LogP contribution is 2.31. The Kier molecular flexibility index (Phi) is 6.21. The number of amides is 2. The fraction of sp³-hybridized carbons (Fsp3) is 0.300. The molecule has 2 amide bonds. The van der Waals surface area contributed by atoms with Gasteiger partial charge in [-0.25, -0.2) is 0 Å². The molecule has 1 heterocycles. The number of anilines is 1. The minimum Gasteiger partial charge on any atom is -0.366 e. The summed E-state index contributed by atoms with van der Waals surface area (Å²) in [6.07, 6.45) is 4.22. The van der Waals surface area contributed by atoms with Gasteiger partial charge in [0.1, 0.15) is 5.69 Å². The van der Waals surface area contributed by atoms with E-state index in [1.807, 2.05) is 4.90 Å². The van der Waals surface area contributed by atoms with Gasteiger partial charge in [0.05, 0.1) is 4.92 Å². The Bertz CT molecular complexity index is 862. The predicted octanol–water partition coefficient (Wildman–Crippen LogP) is 3.05. The third kappa shape index (κ3) is 4.64. The first-order valence-corrected chi connectivity index (χ1v) is 9.25. The molecule has 0 atom stereocenters. The van der Waals surface area contributed by atoms with Crippen LogP contribution in [0, 0.1) is 10.1 Å². The van der Waals surface area contributed by atoms with Crippen LogP contribution in [0.2, 0.25) is 0 Å². The maximum atomic E-state index is 12.3. The van der Waals surface area contributed by atoms with Crippen molar-refractivity contribution in [2.75, 3.05) is 18.0 Å². The highest BCUT2D eigenvalue weighted by Gasteiger charge is 2.22. The number of carbonyl (C=O) groups is 2. The molecule has 0 radical (unpaired) electrons. The Balaban J connectivity index is 1.72. The fourth-order valence-electron chi connectivity index (χ4n) is 3.24. The summed E-state index contributed by atoms with van der Waals surface area (Å²) in [5, 5.41) is 11.6. The van der Waals surface area contributed by atoms with Gasteiger partial charge in [0.15, 0.2) is 0 Å². The van der Waals surface area contributed by atoms with Gasteiger partial charge in [-0.05, 0) is 37.1 Å². The molecule has 8 nitrogen and oxygen atoms in total. The summed E-state index contributed by atoms with van der Waals surface area (Å²) >= 11 is 0. The molecule has 0 unspecified atom stereocenters. The van der Waals surface area contributed by atoms with Crippen LogP contribution in [0.5, 0.6) is 0 Å². The molecule has 1 aliphatic rings. The zero-order valence-electron chi connectivity index (χ0n) is 15.4. The maximum absolute atomic E-state index is 12.3. The van der Waals surface area contributed by atoms with E-state index in [1.54, 1.807) is 36.4 Å². The number of nitrogens with one attached hydrogen (secondary N) is 2. The van der Waals surface area contributed by atoms with E-state index < -0.39 is 16.7 Å². The summed E-state index contributed by atoms with van der Waals surface area (Å²) in [5.74, 6) is -1.08. The van der Waals surface area contributed by atoms with Gasteiger partial charge in [0.2, 0.25) is 0 Å². The third-order valence-corrected chi connectivity index (χ3v) is 4.71. The van der Waals surface area contributed by atoms with Crippen molar-refractivity contribution in [3.63, 3.8) is 0 Å². The SMILES string of the molecule is O=C(NNC(=O)c1ccc(N2CCCCCC2)c([N+](=O)[O-])c1)c1ccccc1. The number of hydrogen-bond acceptors (Lipinski definition) is 5. The number of nitrogens with zero attached hydrogens (tertiary/aromatic N) is 2. The maximum Gasteiger partial charge on any atom is 0.293 e. The summed E-state index contributed by atoms with van der Waals surface area (Å²) in [6, 6.07) is 12.8. The zero-order chi connectivity index (χ0) is 19.9. The van der Waals surface area contributed by atoms with E-state index in [0.717, 1.165) is 38.8 Å². The van der Waals surface area contributed by atoms with Gasteiger partial charge in [-0.1, -0.05) is 31.0 Å². The molecule has 0 bridgehead atoms. The molecule has 8 heteroatoms. The van der Waals surface area contributed by atoms with Crippen molar-refractivity contribution >= 4 is 23.2 Å². The van der Waals surface area contributed by atoms with Crippen LogP contribution in [0.25, 0.3) is 0 Å². The molecule has 0 saturated carbocycles. The average molecular weight is 382 g/mol. The number of carbonyl (C=O) groups excluding carboxylic acids is 2. The second kappa shape index (κ2) is 8.98. The van der Waals surface area contributed by atoms with Crippen LogP contribution in [0.3, 0.4) is 0 Å². The normalized spacial score (nSPS) is 14.1. The van der Waals surface area contributed by atoms with Gasteiger partial charge in [-0.2, -0.15) is 0 Å². The lowest BCUT2D eigenvalue weighted by atomic mass is 10.1. The van der Waals surface area contributed by atoms with Crippen molar-refractivity contribution in [3.05, 3.63) is 69.8 Å². The van der Waals surface area contributed by atoms with Crippen molar-refractivity contribution in [1.29, 1.82) is 0 Å². The predicted molar refractivity (Wildman–Crippen MR) is 105 cm³/mol. The Hall–Kier alpha value is -3.42. The van der Waals surface area contributed by atoms with E-state index in [-0.39, 0.29) is 11.3 Å². The monoisotopic (exact) mass is 382 g/mol. The van der Waals surface area contributed by atoms with Crippen LogP contribution in [0.1, 0.15) is 46.4 Å². The lowest BCUT2D eigenvalue weighted by Crippen LogP contribution is -2.41. The molecule has 1 aliphatic heterocycles. The molecule has 0 aliphatic carbocycles. The third-order valence-electron chi connectivity index (χ3n) is 4.71. The highest BCUT2D eigenvalue weighted by molar-refractivity contribution is 5.99. The molecule has 0 aromatic heterocycles. The van der Waals surface area contributed by atoms with E-state index in [9.17, 15) is 19.7 Å². The van der Waals surface area contributed by atoms with E-state index in [0.29, 0.717) is 11.3 Å². The molecule has 2 aromatic carbocycles. The second-order valence-electron chi connectivity index (χ2n) is 6.64. The van der Waals surface area contributed by atoms with Crippen LogP contribution >= 0.6 is 0 Å². The van der Waals surface area contributed by atoms with Crippen molar-refractivity contribution in [2.24, 2.45) is 0 Å². The number of nitro benzene ring substituents is 1. The smallest absolute Gasteiger partial charge is 0.293 e. The first-order chi connectivity index (χ1) is 13.6. The molecule has 3 rings (SSSR count). The molecule has 1 saturated heterocycles. The van der Waals surface area contributed by atoms with Crippen LogP contribution in [0.15, 0.2) is 48.5 Å². The Morgan fingerprint density at radius 2 is 1.46 bits per heavy atom. The summed E-state index contributed by atoms with van der Waals surface area (Å²) in [7, 11) is 0. The average Bonchev–Trinajstić information content (AvgIpc) is 3.01. The Labute approximate surface area is 162 Å². The minimum absolute atomic E-state index is 0.107. The van der Waals surface area contributed by atoms with Gasteiger partial charge in [-0.3, -0.25) is 30.6 Å². The summed E-state index contributed by atoms with van der Waals surface area (Å²) < 4.78 is 0. The molecule has 1 fully saturated rings. The molecular weight excluding hydrogens is 360 g/mol. The van der Waals surface area contributed by atoms with E-state index >= 15 is 0 Å². The van der Waals surface area contributed by atoms with Gasteiger partial charge >= 0.3 is 0 Å². The highest BCUT2D eigenvalue weighted by atomic mass is 16.6. The minimum atomic E-state index is -0.616. The van der Waals surface area contributed by atoms with E-state index in [4.69, 9.17) is 0 Å². The van der Waals surface area contributed by atoms with E-state index in [1.165, 1.54) is 12.1 Å². The molecular formula is C20H22N4O4. The topological polar surface area (TPSA) is 105 Å². The van der Waals surface area contributed by atoms with Gasteiger partial charge in [0.25, 0.3) is 17.5 Å².